The highest BCUT2D eigenvalue weighted by Crippen LogP contribution is 2.45. The van der Waals surface area contributed by atoms with Gasteiger partial charge in [0, 0.05) is 13.5 Å². The van der Waals surface area contributed by atoms with Crippen molar-refractivity contribution in [3.63, 3.8) is 0 Å². The fourth-order valence-corrected chi connectivity index (χ4v) is 11.9. The van der Waals surface area contributed by atoms with Crippen molar-refractivity contribution in [3.8, 4) is 12.3 Å². The number of ether oxygens (including phenoxy) is 5. The van der Waals surface area contributed by atoms with Crippen LogP contribution in [-0.4, -0.2) is 75.8 Å². The summed E-state index contributed by atoms with van der Waals surface area (Å²) in [5.41, 5.74) is 0.515. The fourth-order valence-electron chi connectivity index (χ4n) is 6.32. The first-order valence-corrected chi connectivity index (χ1v) is 17.1. The first-order chi connectivity index (χ1) is 19.7. The maximum Gasteiger partial charge on any atom is 0.408 e. The first-order valence-electron chi connectivity index (χ1n) is 15.0. The number of rotatable bonds is 15. The Hall–Kier alpha value is -1.97. The molecule has 42 heavy (non-hydrogen) atoms. The number of hydrogen-bond acceptors (Lipinski definition) is 8. The molecule has 0 bridgehead atoms. The number of carbonyl (C=O) groups is 1. The lowest BCUT2D eigenvalue weighted by atomic mass is 9.91. The van der Waals surface area contributed by atoms with Crippen LogP contribution in [0.25, 0.3) is 0 Å². The molecule has 1 saturated heterocycles. The zero-order valence-corrected chi connectivity index (χ0v) is 28.1. The zero-order chi connectivity index (χ0) is 31.7. The van der Waals surface area contributed by atoms with Crippen molar-refractivity contribution >= 4 is 14.4 Å². The lowest BCUT2D eigenvalue weighted by Gasteiger charge is -2.49. The number of aliphatic hydroxyl groups is 1. The molecule has 0 aliphatic carbocycles. The van der Waals surface area contributed by atoms with Crippen molar-refractivity contribution in [1.82, 2.24) is 5.32 Å². The number of carbonyl (C=O) groups excluding carboxylic acids is 1. The number of methoxy groups -OCH3 is 1. The van der Waals surface area contributed by atoms with E-state index in [1.165, 1.54) is 0 Å². The molecule has 2 rings (SSSR count). The number of nitrogens with one attached hydrogen (secondary N) is 1. The second-order valence-corrected chi connectivity index (χ2v) is 17.8. The maximum atomic E-state index is 12.8. The molecule has 0 unspecified atom stereocenters. The van der Waals surface area contributed by atoms with Crippen LogP contribution in [0.15, 0.2) is 30.3 Å². The third-order valence-electron chi connectivity index (χ3n) is 8.24. The molecule has 2 N–H and O–H groups in total. The molecular formula is C32H53NO8Si. The topological polar surface area (TPSA) is 105 Å². The molecule has 1 aliphatic rings. The van der Waals surface area contributed by atoms with E-state index in [-0.39, 0.29) is 25.6 Å². The SMILES string of the molecule is C#C[C@](C)(NC(=O)OCc1ccccc1)[C@H](O[C@@H]1C[C@H](O[Si](C(C)C)(C(C)C)C(C)C)[C@H](OCOC)[C@@H](C)O1)[C@H](C)O. The summed E-state index contributed by atoms with van der Waals surface area (Å²) in [6, 6.07) is 9.32. The van der Waals surface area contributed by atoms with Crippen molar-refractivity contribution in [2.45, 2.75) is 134 Å². The van der Waals surface area contributed by atoms with E-state index in [1.54, 1.807) is 21.0 Å². The second-order valence-electron chi connectivity index (χ2n) is 12.3. The molecule has 1 amide bonds. The number of hydrogen-bond donors (Lipinski definition) is 2. The van der Waals surface area contributed by atoms with Gasteiger partial charge in [0.1, 0.15) is 31.1 Å². The van der Waals surface area contributed by atoms with Gasteiger partial charge in [-0.1, -0.05) is 77.8 Å². The van der Waals surface area contributed by atoms with Crippen LogP contribution >= 0.6 is 0 Å². The van der Waals surface area contributed by atoms with Gasteiger partial charge in [0.2, 0.25) is 8.32 Å². The van der Waals surface area contributed by atoms with Crippen molar-refractivity contribution < 1.29 is 38.0 Å². The lowest BCUT2D eigenvalue weighted by molar-refractivity contribution is -0.284. The quantitative estimate of drug-likeness (QED) is 0.147. The van der Waals surface area contributed by atoms with Gasteiger partial charge in [-0.3, -0.25) is 0 Å². The Kier molecular flexibility index (Phi) is 14.0. The third-order valence-corrected chi connectivity index (χ3v) is 14.4. The molecule has 1 aromatic carbocycles. The first kappa shape index (κ1) is 36.2. The monoisotopic (exact) mass is 607 g/mol. The van der Waals surface area contributed by atoms with Gasteiger partial charge in [0.25, 0.3) is 0 Å². The predicted molar refractivity (Wildman–Crippen MR) is 165 cm³/mol. The fraction of sp³-hybridized carbons (Fsp3) is 0.719. The van der Waals surface area contributed by atoms with Crippen LogP contribution in [0.1, 0.15) is 74.3 Å². The van der Waals surface area contributed by atoms with E-state index in [0.717, 1.165) is 5.56 Å². The van der Waals surface area contributed by atoms with Gasteiger partial charge in [0.05, 0.1) is 18.3 Å². The summed E-state index contributed by atoms with van der Waals surface area (Å²) in [7, 11) is -0.726. The zero-order valence-electron chi connectivity index (χ0n) is 27.1. The van der Waals surface area contributed by atoms with Gasteiger partial charge in [-0.2, -0.15) is 0 Å². The largest absolute Gasteiger partial charge is 0.445 e. The van der Waals surface area contributed by atoms with Gasteiger partial charge in [-0.15, -0.1) is 6.42 Å². The van der Waals surface area contributed by atoms with Crippen LogP contribution in [0.2, 0.25) is 16.6 Å². The molecule has 0 radical (unpaired) electrons. The van der Waals surface area contributed by atoms with Gasteiger partial charge in [-0.05, 0) is 43.0 Å². The summed E-state index contributed by atoms with van der Waals surface area (Å²) in [6.45, 7) is 18.7. The number of terminal acetylenes is 1. The molecule has 9 nitrogen and oxygen atoms in total. The van der Waals surface area contributed by atoms with E-state index in [9.17, 15) is 9.90 Å². The van der Waals surface area contributed by atoms with E-state index in [4.69, 9.17) is 34.5 Å². The molecule has 10 heteroatoms. The minimum absolute atomic E-state index is 0.0753. The Morgan fingerprint density at radius 2 is 1.74 bits per heavy atom. The number of benzene rings is 1. The van der Waals surface area contributed by atoms with Gasteiger partial charge >= 0.3 is 6.09 Å². The Bertz CT molecular complexity index is 976. The van der Waals surface area contributed by atoms with Crippen LogP contribution in [0.4, 0.5) is 4.79 Å². The van der Waals surface area contributed by atoms with E-state index in [1.807, 2.05) is 37.3 Å². The molecule has 1 aliphatic heterocycles. The molecule has 1 aromatic rings. The van der Waals surface area contributed by atoms with Gasteiger partial charge in [-0.25, -0.2) is 4.79 Å². The highest BCUT2D eigenvalue weighted by molar-refractivity contribution is 6.77. The highest BCUT2D eigenvalue weighted by atomic mass is 28.4. The Labute approximate surface area is 254 Å². The molecule has 0 spiro atoms. The van der Waals surface area contributed by atoms with Crippen LogP contribution in [0.3, 0.4) is 0 Å². The molecule has 7 atom stereocenters. The third kappa shape index (κ3) is 9.02. The molecular weight excluding hydrogens is 554 g/mol. The Morgan fingerprint density at radius 3 is 2.24 bits per heavy atom. The molecule has 1 fully saturated rings. The van der Waals surface area contributed by atoms with Crippen molar-refractivity contribution in [3.05, 3.63) is 35.9 Å². The summed E-state index contributed by atoms with van der Waals surface area (Å²) >= 11 is 0. The molecule has 238 valence electrons. The predicted octanol–water partition coefficient (Wildman–Crippen LogP) is 5.76. The smallest absolute Gasteiger partial charge is 0.408 e. The van der Waals surface area contributed by atoms with Gasteiger partial charge in [0.15, 0.2) is 6.29 Å². The van der Waals surface area contributed by atoms with E-state index < -0.39 is 44.6 Å². The van der Waals surface area contributed by atoms with E-state index >= 15 is 0 Å². The minimum Gasteiger partial charge on any atom is -0.445 e. The maximum absolute atomic E-state index is 12.8. The minimum atomic E-state index is -2.31. The molecule has 0 aromatic heterocycles. The summed E-state index contributed by atoms with van der Waals surface area (Å²) < 4.78 is 36.5. The number of amides is 1. The van der Waals surface area contributed by atoms with Crippen molar-refractivity contribution in [1.29, 1.82) is 0 Å². The average molecular weight is 608 g/mol. The summed E-state index contributed by atoms with van der Waals surface area (Å²) in [6.07, 6.45) is 1.58. The van der Waals surface area contributed by atoms with E-state index in [0.29, 0.717) is 23.0 Å². The highest BCUT2D eigenvalue weighted by Gasteiger charge is 2.51. The summed E-state index contributed by atoms with van der Waals surface area (Å²) in [5, 5.41) is 13.5. The Balaban J connectivity index is 2.29. The van der Waals surface area contributed by atoms with Crippen molar-refractivity contribution in [2.75, 3.05) is 13.9 Å². The normalized spacial score (nSPS) is 24.2. The summed E-state index contributed by atoms with van der Waals surface area (Å²) in [4.78, 5) is 12.8. The average Bonchev–Trinajstić information content (AvgIpc) is 2.92. The second kappa shape index (κ2) is 16.2. The molecule has 0 saturated carbocycles. The number of alkyl carbamates (subject to hydrolysis) is 1. The van der Waals surface area contributed by atoms with Gasteiger partial charge < -0.3 is 38.5 Å². The van der Waals surface area contributed by atoms with Crippen molar-refractivity contribution in [2.24, 2.45) is 0 Å². The van der Waals surface area contributed by atoms with E-state index in [2.05, 4.69) is 52.8 Å². The Morgan fingerprint density at radius 1 is 1.14 bits per heavy atom. The van der Waals surface area contributed by atoms with Crippen LogP contribution in [-0.2, 0) is 34.7 Å². The summed E-state index contributed by atoms with van der Waals surface area (Å²) in [5.74, 6) is 2.60. The number of aliphatic hydroxyl groups excluding tert-OH is 1. The molecule has 1 heterocycles. The lowest BCUT2D eigenvalue weighted by Crippen LogP contribution is -2.61. The standard InChI is InChI=1S/C32H53NO8Si/c1-12-32(10,33-31(35)37-19-26-16-14-13-15-17-26)30(24(8)34)40-28-18-27(29(25(9)39-28)38-20-36-11)41-42(21(2)3,22(4)5)23(6)7/h1,13-17,21-25,27-30,34H,18-20H2,2-11H3,(H,33,35)/t24-,25+,27-,28+,29+,30+,32-/m0/s1. The van der Waals surface area contributed by atoms with Crippen LogP contribution in [0.5, 0.6) is 0 Å². The van der Waals surface area contributed by atoms with Crippen LogP contribution in [0, 0.1) is 12.3 Å². The van der Waals surface area contributed by atoms with Crippen LogP contribution < -0.4 is 5.32 Å².